The third-order valence-corrected chi connectivity index (χ3v) is 19.4. The zero-order valence-electron chi connectivity index (χ0n) is 61.5. The van der Waals surface area contributed by atoms with E-state index in [4.69, 9.17) is 16.3 Å². The molecule has 0 aliphatic carbocycles. The molecule has 2 fully saturated rings. The van der Waals surface area contributed by atoms with Gasteiger partial charge in [0.05, 0.1) is 51.0 Å². The van der Waals surface area contributed by atoms with Crippen molar-refractivity contribution in [1.29, 1.82) is 0 Å². The Morgan fingerprint density at radius 1 is 0.600 bits per heavy atom. The number of aryl methyl sites for hydroxylation is 1. The lowest BCUT2D eigenvalue weighted by Crippen LogP contribution is -2.61. The van der Waals surface area contributed by atoms with E-state index in [9.17, 15) is 55.9 Å². The van der Waals surface area contributed by atoms with E-state index in [0.717, 1.165) is 58.7 Å². The Balaban J connectivity index is 1.47. The summed E-state index contributed by atoms with van der Waals surface area (Å²) in [4.78, 5) is 190. The van der Waals surface area contributed by atoms with Crippen LogP contribution in [0.15, 0.2) is 97.3 Å². The molecule has 105 heavy (non-hydrogen) atoms. The Hall–Kier alpha value is -9.58. The minimum atomic E-state index is -4.70. The number of nitrogens with one attached hydrogen (secondary N) is 4. The second-order valence-electron chi connectivity index (χ2n) is 27.5. The van der Waals surface area contributed by atoms with E-state index in [1.807, 2.05) is 0 Å². The Kier molecular flexibility index (Phi) is 31.3. The summed E-state index contributed by atoms with van der Waals surface area (Å²) in [7, 11) is 9.13. The van der Waals surface area contributed by atoms with Crippen LogP contribution in [0.1, 0.15) is 101 Å². The predicted octanol–water partition coefficient (Wildman–Crippen LogP) is 4.29. The van der Waals surface area contributed by atoms with E-state index in [1.54, 1.807) is 82.3 Å². The maximum atomic E-state index is 15.6. The summed E-state index contributed by atoms with van der Waals surface area (Å²) in [6.45, 7) is 5.98. The topological polar surface area (TPSA) is 301 Å². The van der Waals surface area contributed by atoms with Crippen molar-refractivity contribution in [2.24, 2.45) is 11.8 Å². The molecule has 4 N–H and O–H groups in total. The van der Waals surface area contributed by atoms with E-state index in [-0.39, 0.29) is 55.8 Å². The number of ether oxygens (including phenoxy) is 1. The molecule has 572 valence electrons. The van der Waals surface area contributed by atoms with Gasteiger partial charge in [0, 0.05) is 86.5 Å². The molecule has 1 aromatic heterocycles. The van der Waals surface area contributed by atoms with Crippen LogP contribution in [0.4, 0.5) is 17.6 Å². The van der Waals surface area contributed by atoms with Crippen molar-refractivity contribution in [2.75, 3.05) is 88.7 Å². The van der Waals surface area contributed by atoms with Crippen molar-refractivity contribution in [3.63, 3.8) is 0 Å². The molecule has 0 bridgehead atoms. The van der Waals surface area contributed by atoms with Crippen molar-refractivity contribution in [2.45, 2.75) is 154 Å². The predicted molar refractivity (Wildman–Crippen MR) is 381 cm³/mol. The molecule has 0 unspecified atom stereocenters. The second kappa shape index (κ2) is 39.0. The average Bonchev–Trinajstić information content (AvgIpc) is 1.40. The number of alkyl halides is 3. The first-order valence-corrected chi connectivity index (χ1v) is 35.3. The monoisotopic (exact) mass is 1490 g/mol. The lowest BCUT2D eigenvalue weighted by molar-refractivity contribution is -0.150. The van der Waals surface area contributed by atoms with Crippen LogP contribution in [-0.2, 0) is 94.3 Å². The Bertz CT molecular complexity index is 3700. The van der Waals surface area contributed by atoms with Crippen molar-refractivity contribution in [3.8, 4) is 0 Å². The number of carbonyl (C=O) groups is 12. The maximum absolute atomic E-state index is 15.6. The summed E-state index contributed by atoms with van der Waals surface area (Å²) in [6, 6.07) is 8.19. The Morgan fingerprint density at radius 3 is 1.78 bits per heavy atom. The number of likely N-dealkylation sites (N-methyl/N-ethyl adjacent to an activating group) is 7. The van der Waals surface area contributed by atoms with Crippen molar-refractivity contribution in [3.05, 3.63) is 136 Å². The highest BCUT2D eigenvalue weighted by molar-refractivity contribution is 6.30. The number of hydrogen-bond acceptors (Lipinski definition) is 14. The molecule has 0 spiro atoms. The van der Waals surface area contributed by atoms with Crippen molar-refractivity contribution < 1.29 is 79.8 Å². The highest BCUT2D eigenvalue weighted by atomic mass is 35.5. The van der Waals surface area contributed by atoms with Crippen LogP contribution >= 0.6 is 11.6 Å². The van der Waals surface area contributed by atoms with E-state index in [2.05, 4.69) is 26.3 Å². The fourth-order valence-corrected chi connectivity index (χ4v) is 12.3. The number of amides is 12. The molecule has 31 heteroatoms. The summed E-state index contributed by atoms with van der Waals surface area (Å²) in [5.74, 6) is -11.4. The highest BCUT2D eigenvalue weighted by Crippen LogP contribution is 2.30. The van der Waals surface area contributed by atoms with Crippen molar-refractivity contribution in [1.82, 2.24) is 65.5 Å². The summed E-state index contributed by atoms with van der Waals surface area (Å²) in [5, 5.41) is 11.1. The van der Waals surface area contributed by atoms with Gasteiger partial charge in [-0.1, -0.05) is 100 Å². The van der Waals surface area contributed by atoms with Gasteiger partial charge in [-0.25, -0.2) is 4.39 Å². The van der Waals surface area contributed by atoms with Crippen LogP contribution in [0.3, 0.4) is 0 Å². The van der Waals surface area contributed by atoms with Crippen molar-refractivity contribution >= 4 is 82.5 Å². The van der Waals surface area contributed by atoms with Crippen LogP contribution in [0.25, 0.3) is 0 Å². The molecule has 26 nitrogen and oxygen atoms in total. The molecule has 3 aromatic carbocycles. The number of benzene rings is 3. The molecule has 12 amide bonds. The van der Waals surface area contributed by atoms with Gasteiger partial charge in [0.1, 0.15) is 54.2 Å². The molecule has 3 heterocycles. The zero-order valence-corrected chi connectivity index (χ0v) is 62.3. The first-order chi connectivity index (χ1) is 49.5. The zero-order chi connectivity index (χ0) is 77.7. The fraction of sp³-hybridized carbons (Fsp3) is 0.527. The molecule has 4 aromatic rings. The van der Waals surface area contributed by atoms with Gasteiger partial charge >= 0.3 is 6.18 Å². The molecular formula is C74H98ClF4N13O13. The third-order valence-electron chi connectivity index (χ3n) is 19.1. The standard InChI is InChI=1S/C74H98ClF4N13O13/c1-13-46(4)65-73(104)87(8)41-63(95)85(6)42-64(96)89(10)59(36-50-23-28-53(75)29-24-50)71(102)86(7)40-61(93)81-55(30-25-48-21-26-52(27-22-48)74(77,78)79)67(98)83-57(44-105-43-51-34-54(76)39-80-38-51)69(100)91(12)60(35-49-19-15-14-16-20-49)72(103)90(11)58(33-45(2)3)68(99)82-56(70(101)92-31-17-18-32-92)37-62(94)88(9)47(5)66(97)84-65/h14-16,19-24,26-29,34,38-39,45-47,55-60,65H,13,17-18,25,30-33,35-37,40-44H2,1-12H3,(H,81,93)(H,82,99)(H,83,98)(H,84,97)/t46-,47-,55-,56-,57-,58-,59-,60-,65-/m0/s1. The minimum absolute atomic E-state index is 0.0265. The first kappa shape index (κ1) is 84.4. The van der Waals surface area contributed by atoms with Gasteiger partial charge in [0.25, 0.3) is 0 Å². The molecule has 2 aliphatic heterocycles. The largest absolute Gasteiger partial charge is 0.416 e. The third kappa shape index (κ3) is 24.2. The molecule has 0 saturated carbocycles. The van der Waals surface area contributed by atoms with E-state index in [1.165, 1.54) is 79.5 Å². The number of halogens is 5. The Morgan fingerprint density at radius 2 is 1.18 bits per heavy atom. The first-order valence-electron chi connectivity index (χ1n) is 34.9. The summed E-state index contributed by atoms with van der Waals surface area (Å²) in [6.07, 6.45) is -2.39. The molecule has 2 saturated heterocycles. The fourth-order valence-electron chi connectivity index (χ4n) is 12.1. The number of nitrogens with zero attached hydrogens (tertiary/aromatic N) is 9. The summed E-state index contributed by atoms with van der Waals surface area (Å²) in [5.41, 5.74) is 0.579. The van der Waals surface area contributed by atoms with Crippen LogP contribution in [0.5, 0.6) is 0 Å². The highest BCUT2D eigenvalue weighted by Gasteiger charge is 2.42. The van der Waals surface area contributed by atoms with Gasteiger partial charge in [-0.2, -0.15) is 13.2 Å². The molecule has 2 aliphatic rings. The van der Waals surface area contributed by atoms with Crippen LogP contribution < -0.4 is 21.3 Å². The lowest BCUT2D eigenvalue weighted by atomic mass is 9.97. The number of pyridine rings is 1. The molecular weight excluding hydrogens is 1390 g/mol. The number of rotatable bonds is 16. The average molecular weight is 1490 g/mol. The second-order valence-corrected chi connectivity index (χ2v) is 28.0. The van der Waals surface area contributed by atoms with Crippen LogP contribution in [0, 0.1) is 17.7 Å². The van der Waals surface area contributed by atoms with E-state index in [0.29, 0.717) is 48.5 Å². The normalized spacial score (nSPS) is 22.8. The lowest BCUT2D eigenvalue weighted by Gasteiger charge is -2.37. The molecule has 9 atom stereocenters. The molecule has 0 radical (unpaired) electrons. The van der Waals surface area contributed by atoms with Crippen LogP contribution in [-0.4, -0.2) is 252 Å². The maximum Gasteiger partial charge on any atom is 0.416 e. The van der Waals surface area contributed by atoms with Crippen LogP contribution in [0.2, 0.25) is 5.02 Å². The van der Waals surface area contributed by atoms with E-state index >= 15 is 19.2 Å². The van der Waals surface area contributed by atoms with E-state index < -0.39 is 175 Å². The SMILES string of the molecule is CC[C@H](C)[C@@H]1NC(=O)[C@H](C)N(C)C(=O)C[C@@H](C(=O)N2CCCC2)NC(=O)[C@H](CC(C)C)N(C)C(=O)[C@H](Cc2ccccc2)N(C)C(=O)[C@H](COCc2cncc(F)c2)NC(=O)[C@H](CCc2ccc(C(F)(F)F)cc2)NC(=O)CN(C)C(=O)[C@H](Cc2ccc(Cl)cc2)N(C)C(=O)CN(C)C(=O)CN(C)C1=O. The number of carbonyl (C=O) groups excluding carboxylic acids is 12. The van der Waals surface area contributed by atoms with Gasteiger partial charge in [-0.3, -0.25) is 62.5 Å². The van der Waals surface area contributed by atoms with Gasteiger partial charge < -0.3 is 65.2 Å². The smallest absolute Gasteiger partial charge is 0.374 e. The van der Waals surface area contributed by atoms with Gasteiger partial charge in [0.2, 0.25) is 70.9 Å². The van der Waals surface area contributed by atoms with Gasteiger partial charge in [-0.15, -0.1) is 0 Å². The number of hydrogen-bond donors (Lipinski definition) is 4. The summed E-state index contributed by atoms with van der Waals surface area (Å²) >= 11 is 6.23. The minimum Gasteiger partial charge on any atom is -0.374 e. The Labute approximate surface area is 615 Å². The van der Waals surface area contributed by atoms with Gasteiger partial charge in [0.15, 0.2) is 0 Å². The van der Waals surface area contributed by atoms with Gasteiger partial charge in [-0.05, 0) is 103 Å². The number of aromatic nitrogens is 1. The summed E-state index contributed by atoms with van der Waals surface area (Å²) < 4.78 is 61.8. The number of likely N-dealkylation sites (tertiary alicyclic amines) is 1. The quantitative estimate of drug-likeness (QED) is 0.114. The molecule has 6 rings (SSSR count).